The van der Waals surface area contributed by atoms with Gasteiger partial charge in [-0.1, -0.05) is 27.7 Å². The summed E-state index contributed by atoms with van der Waals surface area (Å²) in [6, 6.07) is 0. The molecule has 0 aliphatic heterocycles. The molecule has 0 saturated heterocycles. The van der Waals surface area contributed by atoms with E-state index in [1.165, 1.54) is 0 Å². The van der Waals surface area contributed by atoms with Crippen molar-refractivity contribution >= 4 is 9.73 Å². The summed E-state index contributed by atoms with van der Waals surface area (Å²) in [4.78, 5) is 0. The van der Waals surface area contributed by atoms with Crippen molar-refractivity contribution in [2.75, 3.05) is 0 Å². The second-order valence-corrected chi connectivity index (χ2v) is 7.99. The average Bonchev–Trinajstić information content (AvgIpc) is 2.09. The van der Waals surface area contributed by atoms with Crippen molar-refractivity contribution in [3.8, 4) is 0 Å². The molecule has 0 amide bonds. The second-order valence-electron chi connectivity index (χ2n) is 5.09. The van der Waals surface area contributed by atoms with E-state index in [0.29, 0.717) is 5.92 Å². The zero-order valence-electron chi connectivity index (χ0n) is 9.75. The maximum Gasteiger partial charge on any atom is 0.0494 e. The topological polar surface area (TPSA) is 40.9 Å². The van der Waals surface area contributed by atoms with Gasteiger partial charge in [0.05, 0.1) is 0 Å². The SMILES string of the molecule is CC1CCC(S(=N)(=O)C(C)C)CC1C. The summed E-state index contributed by atoms with van der Waals surface area (Å²) < 4.78 is 20.1. The Morgan fingerprint density at radius 2 is 1.79 bits per heavy atom. The van der Waals surface area contributed by atoms with Gasteiger partial charge in [0.1, 0.15) is 0 Å². The van der Waals surface area contributed by atoms with Crippen LogP contribution in [0, 0.1) is 16.6 Å². The molecule has 0 aromatic rings. The third kappa shape index (κ3) is 2.30. The summed E-state index contributed by atoms with van der Waals surface area (Å²) in [5, 5.41) is 0.154. The van der Waals surface area contributed by atoms with E-state index in [2.05, 4.69) is 13.8 Å². The van der Waals surface area contributed by atoms with Gasteiger partial charge in [-0.3, -0.25) is 4.78 Å². The van der Waals surface area contributed by atoms with E-state index in [1.807, 2.05) is 13.8 Å². The largest absolute Gasteiger partial charge is 0.252 e. The van der Waals surface area contributed by atoms with E-state index in [9.17, 15) is 4.21 Å². The van der Waals surface area contributed by atoms with Crippen LogP contribution in [0.4, 0.5) is 0 Å². The van der Waals surface area contributed by atoms with E-state index in [0.717, 1.165) is 25.2 Å². The molecule has 0 bridgehead atoms. The Hall–Kier alpha value is -0.0500. The first-order chi connectivity index (χ1) is 6.35. The van der Waals surface area contributed by atoms with Crippen molar-refractivity contribution in [2.24, 2.45) is 11.8 Å². The molecule has 0 spiro atoms. The van der Waals surface area contributed by atoms with Crippen LogP contribution in [0.3, 0.4) is 0 Å². The molecule has 14 heavy (non-hydrogen) atoms. The van der Waals surface area contributed by atoms with E-state index in [4.69, 9.17) is 4.78 Å². The van der Waals surface area contributed by atoms with Crippen molar-refractivity contribution < 1.29 is 4.21 Å². The highest BCUT2D eigenvalue weighted by atomic mass is 32.2. The Morgan fingerprint density at radius 3 is 2.21 bits per heavy atom. The summed E-state index contributed by atoms with van der Waals surface area (Å²) in [6.45, 7) is 8.32. The van der Waals surface area contributed by atoms with Gasteiger partial charge in [-0.25, -0.2) is 4.21 Å². The summed E-state index contributed by atoms with van der Waals surface area (Å²) >= 11 is 0. The first kappa shape index (κ1) is 12.0. The summed E-state index contributed by atoms with van der Waals surface area (Å²) in [5.74, 6) is 1.38. The molecule has 4 atom stereocenters. The Balaban J connectivity index is 2.73. The third-order valence-corrected chi connectivity index (χ3v) is 6.56. The Bertz CT molecular complexity index is 282. The van der Waals surface area contributed by atoms with E-state index in [1.54, 1.807) is 0 Å². The summed E-state index contributed by atoms with van der Waals surface area (Å²) in [7, 11) is -2.36. The quantitative estimate of drug-likeness (QED) is 0.757. The van der Waals surface area contributed by atoms with Gasteiger partial charge in [-0.2, -0.15) is 0 Å². The fourth-order valence-corrected chi connectivity index (χ4v) is 4.05. The molecule has 84 valence electrons. The van der Waals surface area contributed by atoms with Crippen LogP contribution in [0.1, 0.15) is 47.0 Å². The Labute approximate surface area is 88.5 Å². The van der Waals surface area contributed by atoms with Crippen LogP contribution in [0.25, 0.3) is 0 Å². The maximum atomic E-state index is 12.2. The molecule has 0 aromatic heterocycles. The molecule has 1 aliphatic carbocycles. The van der Waals surface area contributed by atoms with Gasteiger partial charge in [0.15, 0.2) is 0 Å². The average molecular weight is 217 g/mol. The second kappa shape index (κ2) is 4.21. The minimum Gasteiger partial charge on any atom is -0.252 e. The zero-order chi connectivity index (χ0) is 10.9. The van der Waals surface area contributed by atoms with E-state index in [-0.39, 0.29) is 10.5 Å². The fraction of sp³-hybridized carbons (Fsp3) is 1.00. The summed E-state index contributed by atoms with van der Waals surface area (Å²) in [5.41, 5.74) is 0. The molecule has 0 heterocycles. The smallest absolute Gasteiger partial charge is 0.0494 e. The van der Waals surface area contributed by atoms with Gasteiger partial charge >= 0.3 is 0 Å². The van der Waals surface area contributed by atoms with Crippen LogP contribution in [0.5, 0.6) is 0 Å². The van der Waals surface area contributed by atoms with Crippen LogP contribution in [-0.4, -0.2) is 14.7 Å². The minimum absolute atomic E-state index is 0.00751. The first-order valence-electron chi connectivity index (χ1n) is 5.62. The molecule has 1 aliphatic rings. The molecule has 1 saturated carbocycles. The van der Waals surface area contributed by atoms with Crippen molar-refractivity contribution in [2.45, 2.75) is 57.5 Å². The molecule has 1 rings (SSSR count). The standard InChI is InChI=1S/C11H23NOS/c1-8(2)14(12,13)11-6-5-9(3)10(4)7-11/h8-12H,5-7H2,1-4H3. The van der Waals surface area contributed by atoms with Crippen molar-refractivity contribution in [3.63, 3.8) is 0 Å². The number of hydrogen-bond donors (Lipinski definition) is 1. The fourth-order valence-electron chi connectivity index (χ4n) is 2.20. The van der Waals surface area contributed by atoms with Gasteiger partial charge in [0.2, 0.25) is 0 Å². The van der Waals surface area contributed by atoms with E-state index < -0.39 is 9.73 Å². The predicted molar refractivity (Wildman–Crippen MR) is 62.0 cm³/mol. The lowest BCUT2D eigenvalue weighted by atomic mass is 9.81. The van der Waals surface area contributed by atoms with Crippen molar-refractivity contribution in [1.82, 2.24) is 0 Å². The lowest BCUT2D eigenvalue weighted by Crippen LogP contribution is -2.34. The molecular weight excluding hydrogens is 194 g/mol. The van der Waals surface area contributed by atoms with Crippen LogP contribution in [-0.2, 0) is 9.73 Å². The molecule has 1 N–H and O–H groups in total. The zero-order valence-corrected chi connectivity index (χ0v) is 10.6. The molecule has 0 aromatic carbocycles. The molecule has 3 heteroatoms. The van der Waals surface area contributed by atoms with Crippen LogP contribution in [0.15, 0.2) is 0 Å². The molecule has 2 nitrogen and oxygen atoms in total. The van der Waals surface area contributed by atoms with E-state index >= 15 is 0 Å². The molecular formula is C11H23NOS. The monoisotopic (exact) mass is 217 g/mol. The Morgan fingerprint density at radius 1 is 1.21 bits per heavy atom. The van der Waals surface area contributed by atoms with Crippen LogP contribution < -0.4 is 0 Å². The van der Waals surface area contributed by atoms with Crippen molar-refractivity contribution in [1.29, 1.82) is 4.78 Å². The summed E-state index contributed by atoms with van der Waals surface area (Å²) in [6.07, 6.45) is 3.13. The molecule has 1 fully saturated rings. The van der Waals surface area contributed by atoms with Gasteiger partial charge in [-0.05, 0) is 31.1 Å². The number of nitrogens with one attached hydrogen (secondary N) is 1. The van der Waals surface area contributed by atoms with Gasteiger partial charge in [0.25, 0.3) is 0 Å². The normalized spacial score (nSPS) is 38.2. The highest BCUT2D eigenvalue weighted by molar-refractivity contribution is 7.93. The van der Waals surface area contributed by atoms with Gasteiger partial charge in [0, 0.05) is 20.2 Å². The predicted octanol–water partition coefficient (Wildman–Crippen LogP) is 3.27. The Kier molecular flexibility index (Phi) is 3.62. The lowest BCUT2D eigenvalue weighted by Gasteiger charge is -2.34. The van der Waals surface area contributed by atoms with Crippen LogP contribution >= 0.6 is 0 Å². The third-order valence-electron chi connectivity index (χ3n) is 3.75. The number of hydrogen-bond acceptors (Lipinski definition) is 2. The highest BCUT2D eigenvalue weighted by Crippen LogP contribution is 2.34. The molecule has 4 unspecified atom stereocenters. The number of rotatable bonds is 2. The lowest BCUT2D eigenvalue weighted by molar-refractivity contribution is 0.280. The maximum absolute atomic E-state index is 12.2. The van der Waals surface area contributed by atoms with Gasteiger partial charge in [-0.15, -0.1) is 0 Å². The van der Waals surface area contributed by atoms with Crippen LogP contribution in [0.2, 0.25) is 0 Å². The van der Waals surface area contributed by atoms with Crippen molar-refractivity contribution in [3.05, 3.63) is 0 Å². The minimum atomic E-state index is -2.36. The molecule has 0 radical (unpaired) electrons. The first-order valence-corrected chi connectivity index (χ1v) is 7.30. The van der Waals surface area contributed by atoms with Gasteiger partial charge < -0.3 is 0 Å². The highest BCUT2D eigenvalue weighted by Gasteiger charge is 2.32.